The fourth-order valence-electron chi connectivity index (χ4n) is 3.99. The Bertz CT molecular complexity index is 986. The number of benzene rings is 1. The zero-order valence-electron chi connectivity index (χ0n) is 15.6. The average Bonchev–Trinajstić information content (AvgIpc) is 3.18. The topological polar surface area (TPSA) is 86.4 Å². The van der Waals surface area contributed by atoms with Gasteiger partial charge in [0.1, 0.15) is 11.6 Å². The van der Waals surface area contributed by atoms with E-state index in [0.717, 1.165) is 12.8 Å². The zero-order valence-corrected chi connectivity index (χ0v) is 15.6. The summed E-state index contributed by atoms with van der Waals surface area (Å²) in [5.41, 5.74) is 1.34. The van der Waals surface area contributed by atoms with Gasteiger partial charge >= 0.3 is 0 Å². The van der Waals surface area contributed by atoms with Gasteiger partial charge in [-0.05, 0) is 43.5 Å². The number of halogens is 1. The first-order valence-electron chi connectivity index (χ1n) is 9.38. The van der Waals surface area contributed by atoms with Crippen molar-refractivity contribution in [1.29, 1.82) is 0 Å². The largest absolute Gasteiger partial charge is 0.333 e. The predicted molar refractivity (Wildman–Crippen MR) is 99.1 cm³/mol. The van der Waals surface area contributed by atoms with Crippen LogP contribution in [-0.4, -0.2) is 44.7 Å². The maximum absolute atomic E-state index is 13.1. The summed E-state index contributed by atoms with van der Waals surface area (Å²) >= 11 is 0. The van der Waals surface area contributed by atoms with E-state index in [1.807, 2.05) is 0 Å². The van der Waals surface area contributed by atoms with Crippen molar-refractivity contribution in [3.63, 3.8) is 0 Å². The van der Waals surface area contributed by atoms with Gasteiger partial charge in [0, 0.05) is 31.1 Å². The maximum atomic E-state index is 13.1. The van der Waals surface area contributed by atoms with Gasteiger partial charge in [0.05, 0.1) is 18.3 Å². The number of H-pyrrole nitrogens is 1. The Morgan fingerprint density at radius 1 is 1.21 bits per heavy atom. The van der Waals surface area contributed by atoms with Gasteiger partial charge in [0.2, 0.25) is 5.91 Å². The van der Waals surface area contributed by atoms with E-state index in [1.54, 1.807) is 9.80 Å². The Balaban J connectivity index is 1.61. The van der Waals surface area contributed by atoms with Gasteiger partial charge in [0.25, 0.3) is 11.5 Å². The number of carbonyl (C=O) groups excluding carboxylic acids is 2. The molecule has 1 saturated heterocycles. The van der Waals surface area contributed by atoms with Gasteiger partial charge in [-0.15, -0.1) is 0 Å². The van der Waals surface area contributed by atoms with Crippen molar-refractivity contribution in [3.05, 3.63) is 63.1 Å². The number of hydrogen-bond acceptors (Lipinski definition) is 4. The molecule has 146 valence electrons. The van der Waals surface area contributed by atoms with Crippen molar-refractivity contribution in [3.8, 4) is 0 Å². The van der Waals surface area contributed by atoms with Crippen molar-refractivity contribution in [2.75, 3.05) is 13.1 Å². The van der Waals surface area contributed by atoms with Crippen LogP contribution in [0.3, 0.4) is 0 Å². The maximum Gasteiger partial charge on any atom is 0.254 e. The highest BCUT2D eigenvalue weighted by Crippen LogP contribution is 2.30. The van der Waals surface area contributed by atoms with Crippen LogP contribution in [0.1, 0.15) is 53.2 Å². The summed E-state index contributed by atoms with van der Waals surface area (Å²) in [6.45, 7) is 2.78. The molecule has 2 aliphatic rings. The fraction of sp³-hybridized carbons (Fsp3) is 0.400. The number of amides is 2. The number of rotatable bonds is 2. The Labute approximate surface area is 161 Å². The van der Waals surface area contributed by atoms with E-state index >= 15 is 0 Å². The molecule has 7 nitrogen and oxygen atoms in total. The van der Waals surface area contributed by atoms with Crippen LogP contribution in [0.2, 0.25) is 0 Å². The monoisotopic (exact) mass is 384 g/mol. The third-order valence-electron chi connectivity index (χ3n) is 5.44. The first-order valence-corrected chi connectivity index (χ1v) is 9.38. The number of aromatic nitrogens is 2. The van der Waals surface area contributed by atoms with E-state index in [1.165, 1.54) is 31.2 Å². The van der Waals surface area contributed by atoms with Crippen molar-refractivity contribution < 1.29 is 14.0 Å². The first-order chi connectivity index (χ1) is 13.4. The molecule has 0 radical (unpaired) electrons. The van der Waals surface area contributed by atoms with Crippen LogP contribution in [-0.2, 0) is 17.8 Å². The second-order valence-electron chi connectivity index (χ2n) is 7.23. The number of fused-ring (bicyclic) bond motifs is 1. The van der Waals surface area contributed by atoms with E-state index in [-0.39, 0.29) is 30.0 Å². The fourth-order valence-corrected chi connectivity index (χ4v) is 3.99. The van der Waals surface area contributed by atoms with Gasteiger partial charge in [-0.3, -0.25) is 14.4 Å². The SMILES string of the molecule is CC(=O)N1CCCC1c1nc2c(c(=O)[nH]1)CCN(C(=O)c1ccc(F)cc1)C2. The molecule has 1 N–H and O–H groups in total. The highest BCUT2D eigenvalue weighted by molar-refractivity contribution is 5.94. The lowest BCUT2D eigenvalue weighted by molar-refractivity contribution is -0.129. The molecule has 4 rings (SSSR count). The van der Waals surface area contributed by atoms with E-state index in [0.29, 0.717) is 42.2 Å². The first kappa shape index (κ1) is 18.3. The quantitative estimate of drug-likeness (QED) is 0.855. The summed E-state index contributed by atoms with van der Waals surface area (Å²) < 4.78 is 13.1. The molecule has 0 bridgehead atoms. The van der Waals surface area contributed by atoms with Crippen LogP contribution in [0.5, 0.6) is 0 Å². The zero-order chi connectivity index (χ0) is 19.8. The second kappa shape index (κ2) is 7.18. The molecule has 1 fully saturated rings. The van der Waals surface area contributed by atoms with Crippen molar-refractivity contribution in [1.82, 2.24) is 19.8 Å². The molecule has 1 unspecified atom stereocenters. The normalized spacial score (nSPS) is 18.9. The van der Waals surface area contributed by atoms with Gasteiger partial charge in [0.15, 0.2) is 0 Å². The highest BCUT2D eigenvalue weighted by Gasteiger charge is 2.32. The van der Waals surface area contributed by atoms with Gasteiger partial charge < -0.3 is 14.8 Å². The van der Waals surface area contributed by atoms with E-state index < -0.39 is 5.82 Å². The van der Waals surface area contributed by atoms with Crippen LogP contribution in [0.4, 0.5) is 4.39 Å². The second-order valence-corrected chi connectivity index (χ2v) is 7.23. The summed E-state index contributed by atoms with van der Waals surface area (Å²) in [6.07, 6.45) is 2.02. The van der Waals surface area contributed by atoms with E-state index in [2.05, 4.69) is 9.97 Å². The minimum atomic E-state index is -0.398. The number of nitrogens with zero attached hydrogens (tertiary/aromatic N) is 3. The number of likely N-dealkylation sites (tertiary alicyclic amines) is 1. The van der Waals surface area contributed by atoms with Crippen LogP contribution < -0.4 is 5.56 Å². The summed E-state index contributed by atoms with van der Waals surface area (Å²) in [5.74, 6) is -0.186. The summed E-state index contributed by atoms with van der Waals surface area (Å²) in [7, 11) is 0. The molecule has 28 heavy (non-hydrogen) atoms. The van der Waals surface area contributed by atoms with Crippen molar-refractivity contribution in [2.24, 2.45) is 0 Å². The smallest absolute Gasteiger partial charge is 0.254 e. The van der Waals surface area contributed by atoms with Crippen LogP contribution >= 0.6 is 0 Å². The molecular weight excluding hydrogens is 363 g/mol. The lowest BCUT2D eigenvalue weighted by atomic mass is 10.0. The van der Waals surface area contributed by atoms with Gasteiger partial charge in [-0.25, -0.2) is 9.37 Å². The summed E-state index contributed by atoms with van der Waals surface area (Å²) in [4.78, 5) is 47.9. The van der Waals surface area contributed by atoms with E-state index in [4.69, 9.17) is 0 Å². The molecule has 3 heterocycles. The summed E-state index contributed by atoms with van der Waals surface area (Å²) in [5, 5.41) is 0. The van der Waals surface area contributed by atoms with Gasteiger partial charge in [-0.1, -0.05) is 0 Å². The lowest BCUT2D eigenvalue weighted by Gasteiger charge is -2.29. The Hall–Kier alpha value is -3.03. The summed E-state index contributed by atoms with van der Waals surface area (Å²) in [6, 6.07) is 5.17. The Kier molecular flexibility index (Phi) is 4.70. The molecule has 1 aromatic heterocycles. The molecule has 2 aliphatic heterocycles. The number of carbonyl (C=O) groups is 2. The molecular formula is C20H21FN4O3. The van der Waals surface area contributed by atoms with Crippen molar-refractivity contribution in [2.45, 2.75) is 38.8 Å². The lowest BCUT2D eigenvalue weighted by Crippen LogP contribution is -2.40. The Morgan fingerprint density at radius 3 is 2.68 bits per heavy atom. The minimum absolute atomic E-state index is 0.0454. The molecule has 0 spiro atoms. The molecule has 0 saturated carbocycles. The third kappa shape index (κ3) is 3.30. The van der Waals surface area contributed by atoms with Crippen LogP contribution in [0.15, 0.2) is 29.1 Å². The molecule has 1 atom stereocenters. The number of hydrogen-bond donors (Lipinski definition) is 1. The van der Waals surface area contributed by atoms with Crippen LogP contribution in [0, 0.1) is 5.82 Å². The molecule has 1 aromatic carbocycles. The molecule has 0 aliphatic carbocycles. The van der Waals surface area contributed by atoms with Crippen LogP contribution in [0.25, 0.3) is 0 Å². The van der Waals surface area contributed by atoms with Crippen molar-refractivity contribution >= 4 is 11.8 Å². The van der Waals surface area contributed by atoms with Gasteiger partial charge in [-0.2, -0.15) is 0 Å². The standard InChI is InChI=1S/C20H21FN4O3/c1-12(26)25-9-2-3-17(25)18-22-16-11-24(10-8-15(16)19(27)23-18)20(28)13-4-6-14(21)7-5-13/h4-7,17H,2-3,8-11H2,1H3,(H,22,23,27). The number of nitrogens with one attached hydrogen (secondary N) is 1. The minimum Gasteiger partial charge on any atom is -0.333 e. The Morgan fingerprint density at radius 2 is 1.96 bits per heavy atom. The predicted octanol–water partition coefficient (Wildman–Crippen LogP) is 1.79. The molecule has 2 amide bonds. The number of aromatic amines is 1. The highest BCUT2D eigenvalue weighted by atomic mass is 19.1. The molecule has 2 aromatic rings. The van der Waals surface area contributed by atoms with E-state index in [9.17, 15) is 18.8 Å². The average molecular weight is 384 g/mol. The molecule has 8 heteroatoms. The third-order valence-corrected chi connectivity index (χ3v) is 5.44.